The molecule has 0 bridgehead atoms. The molecule has 0 radical (unpaired) electrons. The van der Waals surface area contributed by atoms with Crippen molar-refractivity contribution in [2.75, 3.05) is 18.5 Å². The number of hydrogen-bond donors (Lipinski definition) is 3. The van der Waals surface area contributed by atoms with Crippen LogP contribution in [-0.4, -0.2) is 24.3 Å². The summed E-state index contributed by atoms with van der Waals surface area (Å²) in [7, 11) is 0. The standard InChI is InChI=1S/C13H19FN2O2/c1-10-7-11(14)9-12(8-10)16-13(18)15-5-3-2-4-6-17/h7-9,17H,2-6H2,1H3,(H2,15,16,18). The maximum atomic E-state index is 13.1. The Kier molecular flexibility index (Phi) is 6.14. The lowest BCUT2D eigenvalue weighted by molar-refractivity contribution is 0.251. The molecule has 0 aliphatic heterocycles. The summed E-state index contributed by atoms with van der Waals surface area (Å²) in [6.07, 6.45) is 2.43. The van der Waals surface area contributed by atoms with E-state index in [1.54, 1.807) is 13.0 Å². The van der Waals surface area contributed by atoms with Crippen LogP contribution in [0, 0.1) is 12.7 Å². The summed E-state index contributed by atoms with van der Waals surface area (Å²) in [6.45, 7) is 2.48. The van der Waals surface area contributed by atoms with Crippen molar-refractivity contribution in [1.82, 2.24) is 5.32 Å². The zero-order valence-corrected chi connectivity index (χ0v) is 10.5. The van der Waals surface area contributed by atoms with E-state index < -0.39 is 0 Å². The first-order chi connectivity index (χ1) is 8.61. The molecule has 2 amide bonds. The first-order valence-electron chi connectivity index (χ1n) is 6.04. The maximum Gasteiger partial charge on any atom is 0.319 e. The normalized spacial score (nSPS) is 10.2. The number of carbonyl (C=O) groups is 1. The lowest BCUT2D eigenvalue weighted by atomic mass is 10.2. The Balaban J connectivity index is 2.31. The van der Waals surface area contributed by atoms with Crippen LogP contribution in [0.3, 0.4) is 0 Å². The fourth-order valence-electron chi connectivity index (χ4n) is 1.60. The van der Waals surface area contributed by atoms with Crippen LogP contribution in [0.1, 0.15) is 24.8 Å². The van der Waals surface area contributed by atoms with Crippen LogP contribution < -0.4 is 10.6 Å². The molecule has 0 spiro atoms. The van der Waals surface area contributed by atoms with Crippen LogP contribution in [0.4, 0.5) is 14.9 Å². The van der Waals surface area contributed by atoms with Crippen LogP contribution >= 0.6 is 0 Å². The second kappa shape index (κ2) is 7.66. The summed E-state index contributed by atoms with van der Waals surface area (Å²) >= 11 is 0. The van der Waals surface area contributed by atoms with E-state index in [0.29, 0.717) is 12.2 Å². The second-order valence-corrected chi connectivity index (χ2v) is 4.18. The number of hydrogen-bond acceptors (Lipinski definition) is 2. The number of unbranched alkanes of at least 4 members (excludes halogenated alkanes) is 2. The molecule has 5 heteroatoms. The number of rotatable bonds is 6. The molecule has 1 rings (SSSR count). The molecule has 0 fully saturated rings. The molecule has 18 heavy (non-hydrogen) atoms. The smallest absolute Gasteiger partial charge is 0.319 e. The predicted molar refractivity (Wildman–Crippen MR) is 69.1 cm³/mol. The van der Waals surface area contributed by atoms with E-state index in [2.05, 4.69) is 10.6 Å². The number of aliphatic hydroxyl groups excluding tert-OH is 1. The molecular formula is C13H19FN2O2. The van der Waals surface area contributed by atoms with Crippen molar-refractivity contribution >= 4 is 11.7 Å². The van der Waals surface area contributed by atoms with Gasteiger partial charge in [0.2, 0.25) is 0 Å². The third-order valence-corrected chi connectivity index (χ3v) is 2.42. The van der Waals surface area contributed by atoms with Gasteiger partial charge in [-0.1, -0.05) is 0 Å². The van der Waals surface area contributed by atoms with Gasteiger partial charge in [0.25, 0.3) is 0 Å². The van der Waals surface area contributed by atoms with E-state index in [1.807, 2.05) is 0 Å². The summed E-state index contributed by atoms with van der Waals surface area (Å²) in [5.41, 5.74) is 1.20. The maximum absolute atomic E-state index is 13.1. The van der Waals surface area contributed by atoms with Crippen molar-refractivity contribution in [3.05, 3.63) is 29.6 Å². The van der Waals surface area contributed by atoms with Gasteiger partial charge < -0.3 is 15.7 Å². The van der Waals surface area contributed by atoms with E-state index in [-0.39, 0.29) is 18.5 Å². The van der Waals surface area contributed by atoms with Crippen molar-refractivity contribution in [1.29, 1.82) is 0 Å². The van der Waals surface area contributed by atoms with Crippen molar-refractivity contribution in [3.8, 4) is 0 Å². The van der Waals surface area contributed by atoms with Crippen LogP contribution in [0.5, 0.6) is 0 Å². The van der Waals surface area contributed by atoms with Crippen LogP contribution in [0.2, 0.25) is 0 Å². The molecule has 0 saturated heterocycles. The van der Waals surface area contributed by atoms with Crippen molar-refractivity contribution in [2.24, 2.45) is 0 Å². The van der Waals surface area contributed by atoms with E-state index in [4.69, 9.17) is 5.11 Å². The van der Waals surface area contributed by atoms with Gasteiger partial charge in [-0.25, -0.2) is 9.18 Å². The lowest BCUT2D eigenvalue weighted by Gasteiger charge is -2.08. The number of carbonyl (C=O) groups excluding carboxylic acids is 1. The highest BCUT2D eigenvalue weighted by Crippen LogP contribution is 2.12. The Bertz CT molecular complexity index is 376. The molecule has 0 unspecified atom stereocenters. The number of aryl methyl sites for hydroxylation is 1. The Morgan fingerprint density at radius 2 is 2.06 bits per heavy atom. The van der Waals surface area contributed by atoms with Crippen molar-refractivity contribution in [3.63, 3.8) is 0 Å². The summed E-state index contributed by atoms with van der Waals surface area (Å²) < 4.78 is 13.1. The highest BCUT2D eigenvalue weighted by Gasteiger charge is 2.03. The molecule has 0 aliphatic carbocycles. The van der Waals surface area contributed by atoms with Gasteiger partial charge in [-0.15, -0.1) is 0 Å². The summed E-state index contributed by atoms with van der Waals surface area (Å²) in [5.74, 6) is -0.367. The number of anilines is 1. The largest absolute Gasteiger partial charge is 0.396 e. The number of nitrogens with one attached hydrogen (secondary N) is 2. The number of benzene rings is 1. The molecule has 0 aliphatic rings. The van der Waals surface area contributed by atoms with Gasteiger partial charge in [-0.05, 0) is 49.9 Å². The molecular weight excluding hydrogens is 235 g/mol. The average molecular weight is 254 g/mol. The van der Waals surface area contributed by atoms with E-state index in [1.165, 1.54) is 12.1 Å². The average Bonchev–Trinajstić information content (AvgIpc) is 2.27. The highest BCUT2D eigenvalue weighted by molar-refractivity contribution is 5.89. The van der Waals surface area contributed by atoms with Gasteiger partial charge >= 0.3 is 6.03 Å². The molecule has 1 aromatic rings. The van der Waals surface area contributed by atoms with Gasteiger partial charge in [0.1, 0.15) is 5.82 Å². The molecule has 0 heterocycles. The molecule has 1 aromatic carbocycles. The minimum Gasteiger partial charge on any atom is -0.396 e. The first-order valence-corrected chi connectivity index (χ1v) is 6.04. The van der Waals surface area contributed by atoms with Crippen LogP contribution in [0.15, 0.2) is 18.2 Å². The molecule has 0 aromatic heterocycles. The van der Waals surface area contributed by atoms with Crippen LogP contribution in [0.25, 0.3) is 0 Å². The van der Waals surface area contributed by atoms with Crippen LogP contribution in [-0.2, 0) is 0 Å². The summed E-state index contributed by atoms with van der Waals surface area (Å²) in [4.78, 5) is 11.5. The minimum atomic E-state index is -0.367. The first kappa shape index (κ1) is 14.4. The third kappa shape index (κ3) is 5.63. The van der Waals surface area contributed by atoms with E-state index >= 15 is 0 Å². The topological polar surface area (TPSA) is 61.4 Å². The van der Waals surface area contributed by atoms with Gasteiger partial charge in [-0.2, -0.15) is 0 Å². The molecule has 3 N–H and O–H groups in total. The van der Waals surface area contributed by atoms with E-state index in [9.17, 15) is 9.18 Å². The minimum absolute atomic E-state index is 0.175. The predicted octanol–water partition coefficient (Wildman–Crippen LogP) is 2.42. The zero-order valence-electron chi connectivity index (χ0n) is 10.5. The van der Waals surface area contributed by atoms with E-state index in [0.717, 1.165) is 24.8 Å². The molecule has 0 saturated carbocycles. The molecule has 0 atom stereocenters. The number of aliphatic hydroxyl groups is 1. The third-order valence-electron chi connectivity index (χ3n) is 2.42. The van der Waals surface area contributed by atoms with Gasteiger partial charge in [-0.3, -0.25) is 0 Å². The monoisotopic (exact) mass is 254 g/mol. The van der Waals surface area contributed by atoms with Crippen molar-refractivity contribution < 1.29 is 14.3 Å². The Labute approximate surface area is 106 Å². The summed E-state index contributed by atoms with van der Waals surface area (Å²) in [5, 5.41) is 13.8. The Hall–Kier alpha value is -1.62. The Morgan fingerprint density at radius 1 is 1.28 bits per heavy atom. The van der Waals surface area contributed by atoms with Gasteiger partial charge in [0, 0.05) is 18.8 Å². The fourth-order valence-corrected chi connectivity index (χ4v) is 1.60. The van der Waals surface area contributed by atoms with Crippen molar-refractivity contribution in [2.45, 2.75) is 26.2 Å². The quantitative estimate of drug-likeness (QED) is 0.683. The van der Waals surface area contributed by atoms with Gasteiger partial charge in [0.05, 0.1) is 0 Å². The highest BCUT2D eigenvalue weighted by atomic mass is 19.1. The Morgan fingerprint density at radius 3 is 2.72 bits per heavy atom. The fraction of sp³-hybridized carbons (Fsp3) is 0.462. The van der Waals surface area contributed by atoms with Gasteiger partial charge in [0.15, 0.2) is 0 Å². The number of urea groups is 1. The molecule has 100 valence electrons. The number of amides is 2. The summed E-state index contributed by atoms with van der Waals surface area (Å²) in [6, 6.07) is 4.04. The zero-order chi connectivity index (χ0) is 13.4. The number of halogens is 1. The molecule has 4 nitrogen and oxygen atoms in total. The lowest BCUT2D eigenvalue weighted by Crippen LogP contribution is -2.29. The second-order valence-electron chi connectivity index (χ2n) is 4.18. The SMILES string of the molecule is Cc1cc(F)cc(NC(=O)NCCCCCO)c1.